The number of likely N-dealkylation sites (N-methyl/N-ethyl adjacent to an activating group) is 1. The maximum absolute atomic E-state index is 6.21. The highest BCUT2D eigenvalue weighted by atomic mass is 16.5. The monoisotopic (exact) mass is 262 g/mol. The van der Waals surface area contributed by atoms with Crippen LogP contribution in [0, 0.1) is 0 Å². The third kappa shape index (κ3) is 3.63. The normalized spacial score (nSPS) is 23.5. The van der Waals surface area contributed by atoms with E-state index in [0.717, 1.165) is 30.9 Å². The van der Waals surface area contributed by atoms with Gasteiger partial charge in [0.1, 0.15) is 11.9 Å². The zero-order valence-electron chi connectivity index (χ0n) is 12.1. The Kier molecular flexibility index (Phi) is 5.08. The lowest BCUT2D eigenvalue weighted by Gasteiger charge is -2.39. The van der Waals surface area contributed by atoms with E-state index < -0.39 is 0 Å². The van der Waals surface area contributed by atoms with Crippen LogP contribution in [0.5, 0.6) is 5.75 Å². The van der Waals surface area contributed by atoms with Gasteiger partial charge < -0.3 is 10.5 Å². The summed E-state index contributed by atoms with van der Waals surface area (Å²) in [6.07, 6.45) is 5.32. The number of hydrogen-bond donors (Lipinski definition) is 1. The van der Waals surface area contributed by atoms with E-state index in [1.54, 1.807) is 0 Å². The minimum Gasteiger partial charge on any atom is -0.489 e. The molecular weight excluding hydrogens is 236 g/mol. The third-order valence-corrected chi connectivity index (χ3v) is 4.12. The molecule has 1 aliphatic carbocycles. The van der Waals surface area contributed by atoms with Crippen molar-refractivity contribution in [1.29, 1.82) is 0 Å². The highest BCUT2D eigenvalue weighted by molar-refractivity contribution is 5.41. The average molecular weight is 262 g/mol. The van der Waals surface area contributed by atoms with Crippen LogP contribution in [0.15, 0.2) is 24.3 Å². The molecule has 1 aromatic carbocycles. The fraction of sp³-hybridized carbons (Fsp3) is 0.625. The molecule has 0 bridgehead atoms. The number of hydrogen-bond acceptors (Lipinski definition) is 3. The average Bonchev–Trinajstić information content (AvgIpc) is 2.44. The maximum atomic E-state index is 6.21. The Bertz CT molecular complexity index is 373. The SMILES string of the molecule is CCN(CC)[C@H]1CCCC[C@@H]1Oc1ccc(N)cc1. The van der Waals surface area contributed by atoms with E-state index in [0.29, 0.717) is 12.1 Å². The molecule has 0 aliphatic heterocycles. The Morgan fingerprint density at radius 3 is 2.37 bits per heavy atom. The highest BCUT2D eigenvalue weighted by Crippen LogP contribution is 2.27. The predicted octanol–water partition coefficient (Wildman–Crippen LogP) is 3.30. The largest absolute Gasteiger partial charge is 0.489 e. The number of anilines is 1. The van der Waals surface area contributed by atoms with Gasteiger partial charge in [0.15, 0.2) is 0 Å². The van der Waals surface area contributed by atoms with E-state index in [9.17, 15) is 0 Å². The fourth-order valence-corrected chi connectivity index (χ4v) is 3.05. The van der Waals surface area contributed by atoms with E-state index in [1.165, 1.54) is 19.3 Å². The number of rotatable bonds is 5. The van der Waals surface area contributed by atoms with Crippen LogP contribution in [0.2, 0.25) is 0 Å². The second-order valence-electron chi connectivity index (χ2n) is 5.30. The topological polar surface area (TPSA) is 38.5 Å². The molecule has 1 saturated carbocycles. The van der Waals surface area contributed by atoms with Gasteiger partial charge in [-0.25, -0.2) is 0 Å². The Morgan fingerprint density at radius 1 is 1.11 bits per heavy atom. The smallest absolute Gasteiger partial charge is 0.119 e. The summed E-state index contributed by atoms with van der Waals surface area (Å²) in [5.41, 5.74) is 6.50. The van der Waals surface area contributed by atoms with Crippen molar-refractivity contribution in [3.8, 4) is 5.75 Å². The summed E-state index contributed by atoms with van der Waals surface area (Å²) in [6.45, 7) is 6.67. The van der Waals surface area contributed by atoms with Crippen LogP contribution in [-0.4, -0.2) is 30.1 Å². The molecule has 0 aromatic heterocycles. The van der Waals surface area contributed by atoms with Crippen LogP contribution in [0.1, 0.15) is 39.5 Å². The first kappa shape index (κ1) is 14.2. The predicted molar refractivity (Wildman–Crippen MR) is 80.4 cm³/mol. The molecule has 1 aliphatic rings. The second kappa shape index (κ2) is 6.80. The van der Waals surface area contributed by atoms with Crippen molar-refractivity contribution in [1.82, 2.24) is 4.90 Å². The number of nitrogens with two attached hydrogens (primary N) is 1. The molecule has 0 spiro atoms. The zero-order valence-corrected chi connectivity index (χ0v) is 12.1. The van der Waals surface area contributed by atoms with Crippen LogP contribution in [0.25, 0.3) is 0 Å². The van der Waals surface area contributed by atoms with Crippen molar-refractivity contribution >= 4 is 5.69 Å². The summed E-state index contributed by atoms with van der Waals surface area (Å²) in [6, 6.07) is 8.32. The van der Waals surface area contributed by atoms with Gasteiger partial charge >= 0.3 is 0 Å². The molecule has 3 heteroatoms. The summed E-state index contributed by atoms with van der Waals surface area (Å²) in [4.78, 5) is 2.53. The van der Waals surface area contributed by atoms with Gasteiger partial charge in [-0.3, -0.25) is 4.90 Å². The Hall–Kier alpha value is -1.22. The van der Waals surface area contributed by atoms with Gasteiger partial charge in [-0.1, -0.05) is 20.3 Å². The summed E-state index contributed by atoms with van der Waals surface area (Å²) in [5, 5.41) is 0. The van der Waals surface area contributed by atoms with Crippen molar-refractivity contribution in [3.05, 3.63) is 24.3 Å². The van der Waals surface area contributed by atoms with E-state index in [4.69, 9.17) is 10.5 Å². The van der Waals surface area contributed by atoms with Gasteiger partial charge in [-0.05, 0) is 56.6 Å². The number of nitrogens with zero attached hydrogens (tertiary/aromatic N) is 1. The molecule has 0 radical (unpaired) electrons. The van der Waals surface area contributed by atoms with E-state index in [1.807, 2.05) is 24.3 Å². The molecule has 2 rings (SSSR count). The molecule has 0 amide bonds. The quantitative estimate of drug-likeness (QED) is 0.827. The van der Waals surface area contributed by atoms with Crippen molar-refractivity contribution in [3.63, 3.8) is 0 Å². The van der Waals surface area contributed by atoms with Crippen molar-refractivity contribution in [2.45, 2.75) is 51.7 Å². The van der Waals surface area contributed by atoms with Crippen LogP contribution in [0.4, 0.5) is 5.69 Å². The van der Waals surface area contributed by atoms with Crippen molar-refractivity contribution in [2.24, 2.45) is 0 Å². The molecule has 0 heterocycles. The fourth-order valence-electron chi connectivity index (χ4n) is 3.05. The van der Waals surface area contributed by atoms with Gasteiger partial charge in [0.05, 0.1) is 0 Å². The minimum absolute atomic E-state index is 0.317. The lowest BCUT2D eigenvalue weighted by Crippen LogP contribution is -2.47. The van der Waals surface area contributed by atoms with E-state index in [2.05, 4.69) is 18.7 Å². The Morgan fingerprint density at radius 2 is 1.74 bits per heavy atom. The molecule has 3 nitrogen and oxygen atoms in total. The molecular formula is C16H26N2O. The van der Waals surface area contributed by atoms with Crippen LogP contribution >= 0.6 is 0 Å². The molecule has 106 valence electrons. The minimum atomic E-state index is 0.317. The summed E-state index contributed by atoms with van der Waals surface area (Å²) in [7, 11) is 0. The lowest BCUT2D eigenvalue weighted by molar-refractivity contribution is 0.0413. The number of benzene rings is 1. The van der Waals surface area contributed by atoms with Gasteiger partial charge in [0.25, 0.3) is 0 Å². The van der Waals surface area contributed by atoms with Crippen LogP contribution in [0.3, 0.4) is 0 Å². The lowest BCUT2D eigenvalue weighted by atomic mass is 9.91. The molecule has 1 fully saturated rings. The van der Waals surface area contributed by atoms with Gasteiger partial charge in [-0.2, -0.15) is 0 Å². The molecule has 19 heavy (non-hydrogen) atoms. The molecule has 2 N–H and O–H groups in total. The second-order valence-corrected chi connectivity index (χ2v) is 5.30. The number of ether oxygens (including phenoxy) is 1. The first-order valence-electron chi connectivity index (χ1n) is 7.50. The standard InChI is InChI=1S/C16H26N2O/c1-3-18(4-2)15-7-5-6-8-16(15)19-14-11-9-13(17)10-12-14/h9-12,15-16H,3-8,17H2,1-2H3/t15-,16-/m0/s1. The van der Waals surface area contributed by atoms with E-state index >= 15 is 0 Å². The molecule has 2 atom stereocenters. The summed E-state index contributed by atoms with van der Waals surface area (Å²) >= 11 is 0. The van der Waals surface area contributed by atoms with Gasteiger partial charge in [0.2, 0.25) is 0 Å². The Labute approximate surface area is 116 Å². The summed E-state index contributed by atoms with van der Waals surface area (Å²) < 4.78 is 6.21. The Balaban J connectivity index is 2.04. The molecule has 0 saturated heterocycles. The van der Waals surface area contributed by atoms with Crippen LogP contribution < -0.4 is 10.5 Å². The van der Waals surface area contributed by atoms with Gasteiger partial charge in [0, 0.05) is 11.7 Å². The first-order valence-corrected chi connectivity index (χ1v) is 7.50. The van der Waals surface area contributed by atoms with Crippen molar-refractivity contribution < 1.29 is 4.74 Å². The van der Waals surface area contributed by atoms with Crippen LogP contribution in [-0.2, 0) is 0 Å². The highest BCUT2D eigenvalue weighted by Gasteiger charge is 2.30. The van der Waals surface area contributed by atoms with Gasteiger partial charge in [-0.15, -0.1) is 0 Å². The molecule has 0 unspecified atom stereocenters. The zero-order chi connectivity index (χ0) is 13.7. The van der Waals surface area contributed by atoms with Crippen molar-refractivity contribution in [2.75, 3.05) is 18.8 Å². The molecule has 1 aromatic rings. The maximum Gasteiger partial charge on any atom is 0.119 e. The summed E-state index contributed by atoms with van der Waals surface area (Å²) in [5.74, 6) is 0.943. The third-order valence-electron chi connectivity index (χ3n) is 4.12. The number of nitrogen functional groups attached to an aromatic ring is 1. The first-order chi connectivity index (χ1) is 9.24. The van der Waals surface area contributed by atoms with E-state index in [-0.39, 0.29) is 0 Å².